The van der Waals surface area contributed by atoms with E-state index in [9.17, 15) is 0 Å². The molecule has 3 heteroatoms. The third-order valence-electron chi connectivity index (χ3n) is 1.90. The number of benzene rings is 2. The lowest BCUT2D eigenvalue weighted by Crippen LogP contribution is -1.84. The van der Waals surface area contributed by atoms with Gasteiger partial charge in [-0.05, 0) is 90.7 Å². The topological polar surface area (TPSA) is 0 Å². The summed E-state index contributed by atoms with van der Waals surface area (Å²) in [5.41, 5.74) is 0. The summed E-state index contributed by atoms with van der Waals surface area (Å²) in [5.74, 6) is 0. The van der Waals surface area contributed by atoms with E-state index in [1.807, 2.05) is 0 Å². The van der Waals surface area contributed by atoms with E-state index in [2.05, 4.69) is 98.1 Å². The summed E-state index contributed by atoms with van der Waals surface area (Å²) in [7, 11) is 0. The molecule has 0 aliphatic heterocycles. The van der Waals surface area contributed by atoms with Gasteiger partial charge in [0, 0.05) is 10.7 Å². The quantitative estimate of drug-likeness (QED) is 0.457. The van der Waals surface area contributed by atoms with Crippen LogP contribution in [0.25, 0.3) is 10.8 Å². The van der Waals surface area contributed by atoms with Gasteiger partial charge >= 0.3 is 0 Å². The summed E-state index contributed by atoms with van der Waals surface area (Å²) in [6, 6.07) is 10.8. The second-order valence-corrected chi connectivity index (χ2v) is 6.10. The molecule has 2 rings (SSSR count). The molecule has 0 heterocycles. The molecular weight excluding hydrogens is 501 g/mol. The summed E-state index contributed by atoms with van der Waals surface area (Å²) >= 11 is 7.16. The molecule has 0 radical (unpaired) electrons. The zero-order chi connectivity index (χ0) is 9.42. The molecule has 0 aromatic heterocycles. The number of hydrogen-bond acceptors (Lipinski definition) is 0. The van der Waals surface area contributed by atoms with Crippen LogP contribution < -0.4 is 0 Å². The van der Waals surface area contributed by atoms with Crippen LogP contribution in [0.4, 0.5) is 0 Å². The van der Waals surface area contributed by atoms with E-state index >= 15 is 0 Å². The Morgan fingerprint density at radius 3 is 2.23 bits per heavy atom. The van der Waals surface area contributed by atoms with Crippen LogP contribution in [0.15, 0.2) is 30.3 Å². The average molecular weight is 506 g/mol. The molecule has 0 unspecified atom stereocenters. The maximum atomic E-state index is 2.41. The van der Waals surface area contributed by atoms with Gasteiger partial charge in [0.2, 0.25) is 0 Å². The predicted molar refractivity (Wildman–Crippen MR) is 82.1 cm³/mol. The van der Waals surface area contributed by atoms with Crippen molar-refractivity contribution in [1.29, 1.82) is 0 Å². The van der Waals surface area contributed by atoms with Crippen molar-refractivity contribution < 1.29 is 0 Å². The highest BCUT2D eigenvalue weighted by Gasteiger charge is 2.03. The number of halogens is 3. The lowest BCUT2D eigenvalue weighted by Gasteiger charge is -2.04. The molecule has 0 fully saturated rings. The van der Waals surface area contributed by atoms with E-state index in [1.165, 1.54) is 21.5 Å². The van der Waals surface area contributed by atoms with Gasteiger partial charge in [0.15, 0.2) is 0 Å². The van der Waals surface area contributed by atoms with Crippen molar-refractivity contribution in [2.75, 3.05) is 0 Å². The van der Waals surface area contributed by atoms with Gasteiger partial charge in [-0.3, -0.25) is 0 Å². The molecule has 0 nitrogen and oxygen atoms in total. The fourth-order valence-corrected chi connectivity index (χ4v) is 3.05. The fourth-order valence-electron chi connectivity index (χ4n) is 1.26. The normalized spacial score (nSPS) is 10.7. The standard InChI is InChI=1S/C10H5I3/c11-8-3-1-2-7-6(8)4-5-9(12)10(7)13/h1-5H. The molecule has 0 amide bonds. The summed E-state index contributed by atoms with van der Waals surface area (Å²) in [6.07, 6.45) is 0. The molecule has 2 aromatic carbocycles. The van der Waals surface area contributed by atoms with E-state index in [0.717, 1.165) is 0 Å². The Labute approximate surface area is 118 Å². The Balaban J connectivity index is 2.94. The van der Waals surface area contributed by atoms with Crippen molar-refractivity contribution >= 4 is 78.5 Å². The van der Waals surface area contributed by atoms with Crippen LogP contribution in [0.1, 0.15) is 0 Å². The summed E-state index contributed by atoms with van der Waals surface area (Å²) in [5, 5.41) is 2.72. The molecule has 0 saturated carbocycles. The third-order valence-corrected chi connectivity index (χ3v) is 5.93. The third kappa shape index (κ3) is 1.97. The van der Waals surface area contributed by atoms with Gasteiger partial charge in [0.1, 0.15) is 0 Å². The monoisotopic (exact) mass is 506 g/mol. The molecule has 0 aliphatic rings. The van der Waals surface area contributed by atoms with E-state index < -0.39 is 0 Å². The Bertz CT molecular complexity index is 463. The minimum atomic E-state index is 1.32. The highest BCUT2D eigenvalue weighted by atomic mass is 127. The Morgan fingerprint density at radius 2 is 1.46 bits per heavy atom. The zero-order valence-corrected chi connectivity index (χ0v) is 13.0. The maximum absolute atomic E-state index is 2.41. The maximum Gasteiger partial charge on any atom is 0.0342 e. The Kier molecular flexibility index (Phi) is 3.34. The van der Waals surface area contributed by atoms with Gasteiger partial charge in [-0.1, -0.05) is 18.2 Å². The van der Waals surface area contributed by atoms with Crippen LogP contribution in [0.5, 0.6) is 0 Å². The number of rotatable bonds is 0. The average Bonchev–Trinajstić information content (AvgIpc) is 2.12. The first-order chi connectivity index (χ1) is 6.20. The van der Waals surface area contributed by atoms with Gasteiger partial charge in [-0.25, -0.2) is 0 Å². The van der Waals surface area contributed by atoms with Gasteiger partial charge in [0.05, 0.1) is 0 Å². The largest absolute Gasteiger partial charge is 0.0605 e. The van der Waals surface area contributed by atoms with Gasteiger partial charge in [0.25, 0.3) is 0 Å². The van der Waals surface area contributed by atoms with Gasteiger partial charge in [-0.2, -0.15) is 0 Å². The van der Waals surface area contributed by atoms with Crippen molar-refractivity contribution in [3.63, 3.8) is 0 Å². The molecule has 0 N–H and O–H groups in total. The van der Waals surface area contributed by atoms with Crippen molar-refractivity contribution in [1.82, 2.24) is 0 Å². The zero-order valence-electron chi connectivity index (χ0n) is 6.52. The van der Waals surface area contributed by atoms with Crippen molar-refractivity contribution in [3.8, 4) is 0 Å². The van der Waals surface area contributed by atoms with Gasteiger partial charge in [-0.15, -0.1) is 0 Å². The molecule has 0 saturated heterocycles. The Morgan fingerprint density at radius 1 is 0.692 bits per heavy atom. The molecule has 13 heavy (non-hydrogen) atoms. The van der Waals surface area contributed by atoms with E-state index in [1.54, 1.807) is 0 Å². The molecule has 0 bridgehead atoms. The van der Waals surface area contributed by atoms with E-state index in [0.29, 0.717) is 0 Å². The van der Waals surface area contributed by atoms with Gasteiger partial charge < -0.3 is 0 Å². The molecule has 0 spiro atoms. The summed E-state index contributed by atoms with van der Waals surface area (Å²) in [6.45, 7) is 0. The minimum absolute atomic E-state index is 1.32. The molecule has 0 atom stereocenters. The van der Waals surface area contributed by atoms with Crippen molar-refractivity contribution in [2.45, 2.75) is 0 Å². The minimum Gasteiger partial charge on any atom is -0.0605 e. The second kappa shape index (κ2) is 4.18. The molecule has 66 valence electrons. The highest BCUT2D eigenvalue weighted by Crippen LogP contribution is 2.28. The fraction of sp³-hybridized carbons (Fsp3) is 0. The molecule has 0 aliphatic carbocycles. The first-order valence-electron chi connectivity index (χ1n) is 3.72. The van der Waals surface area contributed by atoms with Crippen LogP contribution >= 0.6 is 67.8 Å². The second-order valence-electron chi connectivity index (χ2n) is 2.70. The highest BCUT2D eigenvalue weighted by molar-refractivity contribution is 14.1. The van der Waals surface area contributed by atoms with Crippen molar-refractivity contribution in [2.24, 2.45) is 0 Å². The van der Waals surface area contributed by atoms with Crippen LogP contribution in [-0.4, -0.2) is 0 Å². The molecular formula is C10H5I3. The summed E-state index contributed by atoms with van der Waals surface area (Å²) in [4.78, 5) is 0. The predicted octanol–water partition coefficient (Wildman–Crippen LogP) is 4.65. The first kappa shape index (κ1) is 10.4. The SMILES string of the molecule is Ic1ccc2c(I)cccc2c1I. The lowest BCUT2D eigenvalue weighted by molar-refractivity contribution is 1.62. The van der Waals surface area contributed by atoms with Crippen LogP contribution in [0.3, 0.4) is 0 Å². The van der Waals surface area contributed by atoms with Crippen LogP contribution in [-0.2, 0) is 0 Å². The smallest absolute Gasteiger partial charge is 0.0342 e. The number of fused-ring (bicyclic) bond motifs is 1. The number of hydrogen-bond donors (Lipinski definition) is 0. The van der Waals surface area contributed by atoms with E-state index in [-0.39, 0.29) is 0 Å². The Hall–Kier alpha value is 0.890. The molecule has 2 aromatic rings. The van der Waals surface area contributed by atoms with E-state index in [4.69, 9.17) is 0 Å². The lowest BCUT2D eigenvalue weighted by atomic mass is 10.1. The van der Waals surface area contributed by atoms with Crippen LogP contribution in [0.2, 0.25) is 0 Å². The summed E-state index contributed by atoms with van der Waals surface area (Å²) < 4.78 is 4.01. The van der Waals surface area contributed by atoms with Crippen molar-refractivity contribution in [3.05, 3.63) is 41.0 Å². The first-order valence-corrected chi connectivity index (χ1v) is 6.96. The van der Waals surface area contributed by atoms with Crippen LogP contribution in [0, 0.1) is 10.7 Å².